The minimum absolute atomic E-state index is 0.0874. The molecule has 2 amide bonds. The van der Waals surface area contributed by atoms with Crippen molar-refractivity contribution in [2.75, 3.05) is 46.2 Å². The van der Waals surface area contributed by atoms with E-state index >= 15 is 0 Å². The Balaban J connectivity index is 1.66. The Morgan fingerprint density at radius 3 is 2.96 bits per heavy atom. The molecule has 2 heterocycles. The number of nitrogens with one attached hydrogen (secondary N) is 1. The van der Waals surface area contributed by atoms with Gasteiger partial charge < -0.3 is 24.4 Å². The van der Waals surface area contributed by atoms with Crippen molar-refractivity contribution in [3.05, 3.63) is 42.5 Å². The molecule has 7 heteroatoms. The molecule has 1 N–H and O–H groups in total. The molecule has 1 atom stereocenters. The zero-order valence-electron chi connectivity index (χ0n) is 16.4. The molecular weight excluding hydrogens is 342 g/mol. The highest BCUT2D eigenvalue weighted by Gasteiger charge is 2.27. The summed E-state index contributed by atoms with van der Waals surface area (Å²) in [5.41, 5.74) is 0.694. The van der Waals surface area contributed by atoms with E-state index in [1.807, 2.05) is 41.6 Å². The average molecular weight is 371 g/mol. The van der Waals surface area contributed by atoms with Crippen LogP contribution in [-0.2, 0) is 6.54 Å². The molecule has 1 aromatic carbocycles. The minimum atomic E-state index is -0.0874. The van der Waals surface area contributed by atoms with Crippen molar-refractivity contribution >= 4 is 11.7 Å². The molecule has 0 saturated carbocycles. The zero-order valence-corrected chi connectivity index (χ0v) is 16.4. The normalized spacial score (nSPS) is 17.2. The van der Waals surface area contributed by atoms with Gasteiger partial charge in [0.15, 0.2) is 0 Å². The molecule has 3 rings (SSSR count). The highest BCUT2D eigenvalue weighted by atomic mass is 16.5. The summed E-state index contributed by atoms with van der Waals surface area (Å²) < 4.78 is 7.54. The first kappa shape index (κ1) is 19.2. The number of anilines is 1. The molecule has 0 aliphatic carbocycles. The van der Waals surface area contributed by atoms with Crippen LogP contribution in [0, 0.1) is 0 Å². The van der Waals surface area contributed by atoms with Crippen molar-refractivity contribution < 1.29 is 9.53 Å². The van der Waals surface area contributed by atoms with Crippen LogP contribution >= 0.6 is 0 Å². The van der Waals surface area contributed by atoms with E-state index in [0.29, 0.717) is 18.0 Å². The summed E-state index contributed by atoms with van der Waals surface area (Å²) in [5, 5.41) is 2.98. The van der Waals surface area contributed by atoms with Crippen molar-refractivity contribution in [2.45, 2.75) is 25.3 Å². The molecule has 1 aliphatic heterocycles. The second-order valence-corrected chi connectivity index (χ2v) is 7.20. The maximum absolute atomic E-state index is 12.8. The fraction of sp³-hybridized carbons (Fsp3) is 0.500. The van der Waals surface area contributed by atoms with Crippen molar-refractivity contribution in [3.63, 3.8) is 0 Å². The number of rotatable bonds is 6. The van der Waals surface area contributed by atoms with Crippen molar-refractivity contribution in [3.8, 4) is 5.75 Å². The van der Waals surface area contributed by atoms with Crippen LogP contribution in [-0.4, -0.2) is 66.2 Å². The molecule has 1 aromatic heterocycles. The van der Waals surface area contributed by atoms with Gasteiger partial charge in [-0.25, -0.2) is 9.78 Å². The predicted molar refractivity (Wildman–Crippen MR) is 106 cm³/mol. The van der Waals surface area contributed by atoms with E-state index in [2.05, 4.69) is 33.9 Å². The summed E-state index contributed by atoms with van der Waals surface area (Å²) in [6, 6.07) is 7.38. The Labute approximate surface area is 160 Å². The number of imidazole rings is 1. The number of amides is 2. The van der Waals surface area contributed by atoms with Gasteiger partial charge in [0, 0.05) is 44.5 Å². The third kappa shape index (κ3) is 4.80. The van der Waals surface area contributed by atoms with E-state index in [-0.39, 0.29) is 11.9 Å². The highest BCUT2D eigenvalue weighted by molar-refractivity contribution is 5.91. The number of benzene rings is 1. The van der Waals surface area contributed by atoms with Gasteiger partial charge in [-0.2, -0.15) is 0 Å². The number of hydrogen-bond acceptors (Lipinski definition) is 4. The Morgan fingerprint density at radius 1 is 1.37 bits per heavy atom. The van der Waals surface area contributed by atoms with Gasteiger partial charge in [0.1, 0.15) is 11.6 Å². The van der Waals surface area contributed by atoms with Crippen LogP contribution in [0.3, 0.4) is 0 Å². The molecule has 1 aliphatic rings. The molecule has 27 heavy (non-hydrogen) atoms. The number of likely N-dealkylation sites (N-methyl/N-ethyl adjacent to an activating group) is 1. The first-order valence-electron chi connectivity index (χ1n) is 9.43. The maximum Gasteiger partial charge on any atom is 0.321 e. The molecule has 1 fully saturated rings. The monoisotopic (exact) mass is 371 g/mol. The van der Waals surface area contributed by atoms with Crippen LogP contribution < -0.4 is 10.1 Å². The number of likely N-dealkylation sites (tertiary alicyclic amines) is 1. The number of hydrogen-bond donors (Lipinski definition) is 1. The predicted octanol–water partition coefficient (Wildman–Crippen LogP) is 2.86. The summed E-state index contributed by atoms with van der Waals surface area (Å²) >= 11 is 0. The highest BCUT2D eigenvalue weighted by Crippen LogP contribution is 2.28. The van der Waals surface area contributed by atoms with Gasteiger partial charge in [0.2, 0.25) is 0 Å². The maximum atomic E-state index is 12.8. The fourth-order valence-corrected chi connectivity index (χ4v) is 3.49. The number of urea groups is 1. The second-order valence-electron chi connectivity index (χ2n) is 7.20. The summed E-state index contributed by atoms with van der Waals surface area (Å²) in [7, 11) is 5.75. The van der Waals surface area contributed by atoms with Crippen LogP contribution in [0.2, 0.25) is 0 Å². The van der Waals surface area contributed by atoms with Crippen molar-refractivity contribution in [1.82, 2.24) is 19.4 Å². The van der Waals surface area contributed by atoms with Crippen LogP contribution in [0.25, 0.3) is 0 Å². The SMILES string of the molecule is COc1ccccc1NC(=O)N1CCC[C@@H](c2nccn2CCN(C)C)C1. The lowest BCUT2D eigenvalue weighted by atomic mass is 9.97. The number of methoxy groups -OCH3 is 1. The number of nitrogens with zero attached hydrogens (tertiary/aromatic N) is 4. The van der Waals surface area contributed by atoms with Crippen LogP contribution in [0.4, 0.5) is 10.5 Å². The smallest absolute Gasteiger partial charge is 0.321 e. The largest absolute Gasteiger partial charge is 0.495 e. The Morgan fingerprint density at radius 2 is 2.19 bits per heavy atom. The number of carbonyl (C=O) groups excluding carboxylic acids is 1. The topological polar surface area (TPSA) is 62.6 Å². The van der Waals surface area contributed by atoms with Gasteiger partial charge in [-0.05, 0) is 39.1 Å². The Bertz CT molecular complexity index is 758. The molecule has 0 bridgehead atoms. The molecule has 7 nitrogen and oxygen atoms in total. The van der Waals surface area contributed by atoms with Gasteiger partial charge in [-0.15, -0.1) is 0 Å². The standard InChI is InChI=1S/C20H29N5O2/c1-23(2)13-14-24-12-10-21-19(24)16-7-6-11-25(15-16)20(26)22-17-8-4-5-9-18(17)27-3/h4-5,8-10,12,16H,6-7,11,13-15H2,1-3H3,(H,22,26)/t16-/m1/s1. The van der Waals surface area contributed by atoms with Crippen molar-refractivity contribution in [1.29, 1.82) is 0 Å². The van der Waals surface area contributed by atoms with Gasteiger partial charge in [-0.1, -0.05) is 12.1 Å². The number of para-hydroxylation sites is 2. The van der Waals surface area contributed by atoms with Crippen molar-refractivity contribution in [2.24, 2.45) is 0 Å². The van der Waals surface area contributed by atoms with E-state index in [1.165, 1.54) is 0 Å². The average Bonchev–Trinajstić information content (AvgIpc) is 3.15. The number of ether oxygens (including phenoxy) is 1. The van der Waals surface area contributed by atoms with Gasteiger partial charge in [0.05, 0.1) is 12.8 Å². The van der Waals surface area contributed by atoms with E-state index in [9.17, 15) is 4.79 Å². The minimum Gasteiger partial charge on any atom is -0.495 e. The van der Waals surface area contributed by atoms with E-state index in [0.717, 1.165) is 38.3 Å². The summed E-state index contributed by atoms with van der Waals surface area (Å²) in [6.45, 7) is 3.32. The zero-order chi connectivity index (χ0) is 19.2. The van der Waals surface area contributed by atoms with E-state index in [4.69, 9.17) is 4.74 Å². The fourth-order valence-electron chi connectivity index (χ4n) is 3.49. The van der Waals surface area contributed by atoms with E-state index in [1.54, 1.807) is 7.11 Å². The quantitative estimate of drug-likeness (QED) is 0.848. The number of aromatic nitrogens is 2. The Kier molecular flexibility index (Phi) is 6.34. The molecule has 0 spiro atoms. The second kappa shape index (κ2) is 8.90. The Hall–Kier alpha value is -2.54. The first-order chi connectivity index (χ1) is 13.1. The lowest BCUT2D eigenvalue weighted by molar-refractivity contribution is 0.190. The van der Waals surface area contributed by atoms with Gasteiger partial charge in [-0.3, -0.25) is 0 Å². The van der Waals surface area contributed by atoms with Crippen LogP contribution in [0.15, 0.2) is 36.7 Å². The lowest BCUT2D eigenvalue weighted by Gasteiger charge is -2.33. The molecule has 0 unspecified atom stereocenters. The third-order valence-electron chi connectivity index (χ3n) is 4.96. The molecular formula is C20H29N5O2. The summed E-state index contributed by atoms with van der Waals surface area (Å²) in [5.74, 6) is 2.00. The summed E-state index contributed by atoms with van der Waals surface area (Å²) in [4.78, 5) is 21.4. The van der Waals surface area contributed by atoms with Crippen LogP contribution in [0.1, 0.15) is 24.6 Å². The van der Waals surface area contributed by atoms with Gasteiger partial charge >= 0.3 is 6.03 Å². The number of piperidine rings is 1. The number of carbonyl (C=O) groups is 1. The lowest BCUT2D eigenvalue weighted by Crippen LogP contribution is -2.42. The first-order valence-corrected chi connectivity index (χ1v) is 9.43. The summed E-state index contributed by atoms with van der Waals surface area (Å²) in [6.07, 6.45) is 5.92. The van der Waals surface area contributed by atoms with Crippen LogP contribution in [0.5, 0.6) is 5.75 Å². The van der Waals surface area contributed by atoms with E-state index < -0.39 is 0 Å². The molecule has 0 radical (unpaired) electrons. The molecule has 146 valence electrons. The molecule has 2 aromatic rings. The van der Waals surface area contributed by atoms with Gasteiger partial charge in [0.25, 0.3) is 0 Å². The molecule has 1 saturated heterocycles. The third-order valence-corrected chi connectivity index (χ3v) is 4.96.